The van der Waals surface area contributed by atoms with Crippen molar-refractivity contribution in [2.45, 2.75) is 38.6 Å². The monoisotopic (exact) mass is 197 g/mol. The Balaban J connectivity index is 2.39. The summed E-state index contributed by atoms with van der Waals surface area (Å²) in [6, 6.07) is 0. The zero-order valence-corrected chi connectivity index (χ0v) is 8.54. The highest BCUT2D eigenvalue weighted by molar-refractivity contribution is 5.87. The number of hydrogen-bond acceptors (Lipinski definition) is 2. The molecular formula is C10H15NO3. The molecule has 2 rings (SSSR count). The lowest BCUT2D eigenvalue weighted by Gasteiger charge is -2.35. The molecule has 1 amide bonds. The first-order valence-corrected chi connectivity index (χ1v) is 4.91. The maximum absolute atomic E-state index is 11.4. The summed E-state index contributed by atoms with van der Waals surface area (Å²) in [6.07, 6.45) is 2.15. The van der Waals surface area contributed by atoms with Crippen molar-refractivity contribution in [3.63, 3.8) is 0 Å². The fourth-order valence-electron chi connectivity index (χ4n) is 3.00. The Hall–Kier alpha value is -1.06. The Kier molecular flexibility index (Phi) is 1.69. The van der Waals surface area contributed by atoms with Crippen LogP contribution in [0.4, 0.5) is 0 Å². The van der Waals surface area contributed by atoms with Crippen LogP contribution in [0.1, 0.15) is 33.1 Å². The SMILES string of the molecule is CC(=O)N1CC2(C)CCC1(C(=O)O)C2. The van der Waals surface area contributed by atoms with E-state index >= 15 is 0 Å². The van der Waals surface area contributed by atoms with E-state index in [1.165, 1.54) is 6.92 Å². The van der Waals surface area contributed by atoms with E-state index in [0.29, 0.717) is 19.4 Å². The molecule has 1 saturated heterocycles. The Labute approximate surface area is 82.9 Å². The predicted molar refractivity (Wildman–Crippen MR) is 49.7 cm³/mol. The zero-order valence-electron chi connectivity index (χ0n) is 8.54. The molecule has 2 bridgehead atoms. The molecule has 4 heteroatoms. The minimum Gasteiger partial charge on any atom is -0.479 e. The van der Waals surface area contributed by atoms with Gasteiger partial charge in [0.25, 0.3) is 0 Å². The largest absolute Gasteiger partial charge is 0.479 e. The van der Waals surface area contributed by atoms with Crippen molar-refractivity contribution >= 4 is 11.9 Å². The van der Waals surface area contributed by atoms with Gasteiger partial charge in [-0.25, -0.2) is 4.79 Å². The summed E-state index contributed by atoms with van der Waals surface area (Å²) in [6.45, 7) is 4.13. The van der Waals surface area contributed by atoms with Gasteiger partial charge in [-0.3, -0.25) is 4.79 Å². The van der Waals surface area contributed by atoms with Gasteiger partial charge in [-0.15, -0.1) is 0 Å². The number of likely N-dealkylation sites (tertiary alicyclic amines) is 1. The number of carboxylic acid groups (broad SMARTS) is 1. The van der Waals surface area contributed by atoms with Gasteiger partial charge < -0.3 is 10.0 Å². The first-order chi connectivity index (χ1) is 6.40. The molecule has 1 heterocycles. The lowest BCUT2D eigenvalue weighted by Crippen LogP contribution is -2.52. The lowest BCUT2D eigenvalue weighted by molar-refractivity contribution is -0.156. The van der Waals surface area contributed by atoms with Gasteiger partial charge in [0, 0.05) is 13.5 Å². The van der Waals surface area contributed by atoms with E-state index in [-0.39, 0.29) is 11.3 Å². The standard InChI is InChI=1S/C10H15NO3/c1-7(12)11-6-9(2)3-4-10(11,5-9)8(13)14/h3-6H2,1-2H3,(H,13,14). The quantitative estimate of drug-likeness (QED) is 0.678. The number of piperidine rings is 1. The number of carbonyl (C=O) groups excluding carboxylic acids is 1. The van der Waals surface area contributed by atoms with Gasteiger partial charge in [-0.05, 0) is 24.7 Å². The number of nitrogens with zero attached hydrogens (tertiary/aromatic N) is 1. The number of carbonyl (C=O) groups is 2. The second-order valence-electron chi connectivity index (χ2n) is 4.93. The molecule has 14 heavy (non-hydrogen) atoms. The zero-order chi connectivity index (χ0) is 10.6. The Morgan fingerprint density at radius 2 is 2.00 bits per heavy atom. The van der Waals surface area contributed by atoms with E-state index < -0.39 is 11.5 Å². The molecule has 4 nitrogen and oxygen atoms in total. The number of hydrogen-bond donors (Lipinski definition) is 1. The van der Waals surface area contributed by atoms with E-state index in [1.54, 1.807) is 4.90 Å². The molecule has 0 aromatic heterocycles. The van der Waals surface area contributed by atoms with Crippen LogP contribution in [0.15, 0.2) is 0 Å². The highest BCUT2D eigenvalue weighted by atomic mass is 16.4. The summed E-state index contributed by atoms with van der Waals surface area (Å²) in [5.74, 6) is -0.954. The van der Waals surface area contributed by atoms with Crippen LogP contribution in [0.5, 0.6) is 0 Å². The van der Waals surface area contributed by atoms with Crippen molar-refractivity contribution in [1.82, 2.24) is 4.90 Å². The van der Waals surface area contributed by atoms with Crippen molar-refractivity contribution < 1.29 is 14.7 Å². The van der Waals surface area contributed by atoms with Crippen LogP contribution in [0, 0.1) is 5.41 Å². The molecule has 0 aromatic rings. The van der Waals surface area contributed by atoms with Gasteiger partial charge in [-0.2, -0.15) is 0 Å². The van der Waals surface area contributed by atoms with Crippen LogP contribution < -0.4 is 0 Å². The second-order valence-corrected chi connectivity index (χ2v) is 4.93. The number of carboxylic acids is 1. The third-order valence-corrected chi connectivity index (χ3v) is 3.70. The molecule has 2 atom stereocenters. The maximum atomic E-state index is 11.4. The molecule has 1 N–H and O–H groups in total. The average molecular weight is 197 g/mol. The molecule has 0 aromatic carbocycles. The Morgan fingerprint density at radius 1 is 1.36 bits per heavy atom. The number of amides is 1. The van der Waals surface area contributed by atoms with Crippen molar-refractivity contribution in [3.8, 4) is 0 Å². The fourth-order valence-corrected chi connectivity index (χ4v) is 3.00. The van der Waals surface area contributed by atoms with Crippen LogP contribution >= 0.6 is 0 Å². The molecule has 1 saturated carbocycles. The fraction of sp³-hybridized carbons (Fsp3) is 0.800. The molecule has 2 unspecified atom stereocenters. The molecule has 1 aliphatic heterocycles. The van der Waals surface area contributed by atoms with Gasteiger partial charge >= 0.3 is 5.97 Å². The summed E-state index contributed by atoms with van der Waals surface area (Å²) in [7, 11) is 0. The van der Waals surface area contributed by atoms with Gasteiger partial charge in [0.05, 0.1) is 0 Å². The summed E-state index contributed by atoms with van der Waals surface area (Å²) in [5, 5.41) is 9.23. The van der Waals surface area contributed by atoms with Crippen molar-refractivity contribution in [3.05, 3.63) is 0 Å². The number of rotatable bonds is 1. The summed E-state index contributed by atoms with van der Waals surface area (Å²) in [5.41, 5.74) is -0.857. The smallest absolute Gasteiger partial charge is 0.329 e. The lowest BCUT2D eigenvalue weighted by atomic mass is 9.90. The van der Waals surface area contributed by atoms with Crippen LogP contribution in [-0.4, -0.2) is 34.0 Å². The van der Waals surface area contributed by atoms with E-state index in [4.69, 9.17) is 0 Å². The highest BCUT2D eigenvalue weighted by Gasteiger charge is 2.61. The Morgan fingerprint density at radius 3 is 2.36 bits per heavy atom. The number of aliphatic carboxylic acids is 1. The van der Waals surface area contributed by atoms with Crippen molar-refractivity contribution in [2.75, 3.05) is 6.54 Å². The van der Waals surface area contributed by atoms with Gasteiger partial charge in [0.1, 0.15) is 5.54 Å². The molecule has 2 aliphatic rings. The molecule has 2 fully saturated rings. The van der Waals surface area contributed by atoms with E-state index in [1.807, 2.05) is 0 Å². The first kappa shape index (κ1) is 9.49. The third kappa shape index (κ3) is 0.996. The van der Waals surface area contributed by atoms with Crippen LogP contribution in [0.2, 0.25) is 0 Å². The number of fused-ring (bicyclic) bond motifs is 2. The summed E-state index contributed by atoms with van der Waals surface area (Å²) in [4.78, 5) is 24.1. The second kappa shape index (κ2) is 2.49. The normalized spacial score (nSPS) is 40.3. The maximum Gasteiger partial charge on any atom is 0.329 e. The topological polar surface area (TPSA) is 57.6 Å². The van der Waals surface area contributed by atoms with E-state index in [2.05, 4.69) is 6.92 Å². The van der Waals surface area contributed by atoms with Gasteiger partial charge in [-0.1, -0.05) is 6.92 Å². The minimum absolute atomic E-state index is 0.0318. The summed E-state index contributed by atoms with van der Waals surface area (Å²) >= 11 is 0. The molecule has 78 valence electrons. The van der Waals surface area contributed by atoms with Crippen LogP contribution in [0.3, 0.4) is 0 Å². The molecule has 1 aliphatic carbocycles. The molecule has 0 radical (unpaired) electrons. The van der Waals surface area contributed by atoms with Crippen molar-refractivity contribution in [1.29, 1.82) is 0 Å². The summed E-state index contributed by atoms with van der Waals surface area (Å²) < 4.78 is 0. The molecular weight excluding hydrogens is 182 g/mol. The van der Waals surface area contributed by atoms with Crippen molar-refractivity contribution in [2.24, 2.45) is 5.41 Å². The predicted octanol–water partition coefficient (Wildman–Crippen LogP) is 0.862. The first-order valence-electron chi connectivity index (χ1n) is 4.91. The van der Waals surface area contributed by atoms with Crippen LogP contribution in [0.25, 0.3) is 0 Å². The highest BCUT2D eigenvalue weighted by Crippen LogP contribution is 2.54. The molecule has 0 spiro atoms. The van der Waals surface area contributed by atoms with Gasteiger partial charge in [0.2, 0.25) is 5.91 Å². The van der Waals surface area contributed by atoms with Gasteiger partial charge in [0.15, 0.2) is 0 Å². The van der Waals surface area contributed by atoms with Crippen LogP contribution in [-0.2, 0) is 9.59 Å². The van der Waals surface area contributed by atoms with E-state index in [9.17, 15) is 14.7 Å². The minimum atomic E-state index is -0.888. The van der Waals surface area contributed by atoms with E-state index in [0.717, 1.165) is 6.42 Å². The third-order valence-electron chi connectivity index (χ3n) is 3.70. The average Bonchev–Trinajstić information content (AvgIpc) is 2.55. The Bertz CT molecular complexity index is 314.